The maximum Gasteiger partial charge on any atom is 0.261 e. The molecule has 1 heterocycles. The van der Waals surface area contributed by atoms with Crippen LogP contribution in [0.3, 0.4) is 0 Å². The van der Waals surface area contributed by atoms with Crippen LogP contribution in [0.25, 0.3) is 5.69 Å². The van der Waals surface area contributed by atoms with E-state index in [0.717, 1.165) is 6.54 Å². The maximum absolute atomic E-state index is 2.53. The van der Waals surface area contributed by atoms with Crippen LogP contribution in [0.5, 0.6) is 0 Å². The van der Waals surface area contributed by atoms with Gasteiger partial charge in [0, 0.05) is 6.42 Å². The molecule has 0 fully saturated rings. The molecule has 32 heavy (non-hydrogen) atoms. The fraction of sp³-hybridized carbons (Fsp3) is 0.700. The lowest BCUT2D eigenvalue weighted by Gasteiger charge is -2.06. The SMILES string of the molecule is CCCCCCCCCCCCCCc1n(-c2ccccc2)cc[n+]1CCCCCCC. The van der Waals surface area contributed by atoms with Crippen molar-refractivity contribution in [3.63, 3.8) is 0 Å². The quantitative estimate of drug-likeness (QED) is 0.144. The van der Waals surface area contributed by atoms with E-state index < -0.39 is 0 Å². The molecule has 2 aromatic rings. The third-order valence-corrected chi connectivity index (χ3v) is 6.80. The predicted molar refractivity (Wildman–Crippen MR) is 140 cm³/mol. The van der Waals surface area contributed by atoms with E-state index in [1.165, 1.54) is 127 Å². The molecular weight excluding hydrogens is 388 g/mol. The summed E-state index contributed by atoms with van der Waals surface area (Å²) in [5.41, 5.74) is 1.30. The second-order valence-electron chi connectivity index (χ2n) is 9.67. The summed E-state index contributed by atoms with van der Waals surface area (Å²) < 4.78 is 4.95. The number of nitrogens with zero attached hydrogens (tertiary/aromatic N) is 2. The van der Waals surface area contributed by atoms with E-state index >= 15 is 0 Å². The topological polar surface area (TPSA) is 8.81 Å². The summed E-state index contributed by atoms with van der Waals surface area (Å²) in [5, 5.41) is 0. The van der Waals surface area contributed by atoms with Gasteiger partial charge < -0.3 is 0 Å². The van der Waals surface area contributed by atoms with Crippen molar-refractivity contribution in [3.8, 4) is 5.69 Å². The Hall–Kier alpha value is -1.57. The first kappa shape index (κ1) is 26.7. The summed E-state index contributed by atoms with van der Waals surface area (Å²) in [6.07, 6.45) is 29.5. The van der Waals surface area contributed by atoms with Crippen molar-refractivity contribution < 1.29 is 4.57 Å². The fourth-order valence-electron chi connectivity index (χ4n) is 4.76. The van der Waals surface area contributed by atoms with Crippen molar-refractivity contribution in [2.75, 3.05) is 0 Å². The van der Waals surface area contributed by atoms with Crippen molar-refractivity contribution in [1.29, 1.82) is 0 Å². The minimum atomic E-state index is 1.16. The molecule has 0 N–H and O–H groups in total. The monoisotopic (exact) mass is 439 g/mol. The summed E-state index contributed by atoms with van der Waals surface area (Å²) in [6, 6.07) is 10.9. The smallest absolute Gasteiger partial charge is 0.234 e. The fourth-order valence-corrected chi connectivity index (χ4v) is 4.76. The van der Waals surface area contributed by atoms with Gasteiger partial charge in [-0.3, -0.25) is 0 Å². The van der Waals surface area contributed by atoms with Crippen molar-refractivity contribution in [1.82, 2.24) is 4.57 Å². The molecule has 0 aliphatic heterocycles. The lowest BCUT2D eigenvalue weighted by Crippen LogP contribution is -2.37. The number of aromatic nitrogens is 2. The molecule has 0 radical (unpaired) electrons. The summed E-state index contributed by atoms with van der Waals surface area (Å²) in [5.74, 6) is 1.48. The second-order valence-corrected chi connectivity index (χ2v) is 9.67. The minimum Gasteiger partial charge on any atom is -0.234 e. The van der Waals surface area contributed by atoms with Crippen LogP contribution in [0.15, 0.2) is 42.7 Å². The highest BCUT2D eigenvalue weighted by Crippen LogP contribution is 2.15. The van der Waals surface area contributed by atoms with E-state index in [1.807, 2.05) is 0 Å². The van der Waals surface area contributed by atoms with Crippen LogP contribution >= 0.6 is 0 Å². The standard InChI is InChI=1S/C30H51N2/c1-3-5-7-9-10-11-12-13-14-15-16-21-25-30-31(26-22-17-8-6-4-2)27-28-32(30)29-23-19-18-20-24-29/h18-20,23-24,27-28H,3-17,21-22,25-26H2,1-2H3/q+1. The molecule has 2 rings (SSSR count). The predicted octanol–water partition coefficient (Wildman–Crippen LogP) is 8.98. The Morgan fingerprint density at radius 3 is 1.66 bits per heavy atom. The Kier molecular flexibility index (Phi) is 14.9. The van der Waals surface area contributed by atoms with Gasteiger partial charge in [0.25, 0.3) is 5.82 Å². The van der Waals surface area contributed by atoms with Gasteiger partial charge in [-0.1, -0.05) is 122 Å². The summed E-state index contributed by atoms with van der Waals surface area (Å²) in [4.78, 5) is 0. The molecule has 0 amide bonds. The van der Waals surface area contributed by atoms with Gasteiger partial charge in [-0.05, 0) is 31.4 Å². The molecule has 0 atom stereocenters. The number of aryl methyl sites for hydroxylation is 1. The lowest BCUT2D eigenvalue weighted by atomic mass is 10.0. The first-order valence-electron chi connectivity index (χ1n) is 14.0. The molecule has 0 saturated heterocycles. The second kappa shape index (κ2) is 17.9. The van der Waals surface area contributed by atoms with Gasteiger partial charge in [-0.15, -0.1) is 0 Å². The van der Waals surface area contributed by atoms with Crippen molar-refractivity contribution in [2.24, 2.45) is 0 Å². The normalized spacial score (nSPS) is 11.3. The third kappa shape index (κ3) is 10.8. The van der Waals surface area contributed by atoms with Gasteiger partial charge >= 0.3 is 0 Å². The van der Waals surface area contributed by atoms with Crippen LogP contribution in [0, 0.1) is 0 Å². The molecule has 0 spiro atoms. The highest BCUT2D eigenvalue weighted by atomic mass is 15.1. The van der Waals surface area contributed by atoms with E-state index in [1.54, 1.807) is 0 Å². The lowest BCUT2D eigenvalue weighted by molar-refractivity contribution is -0.704. The van der Waals surface area contributed by atoms with E-state index in [2.05, 4.69) is 65.7 Å². The molecule has 0 bridgehead atoms. The summed E-state index contributed by atoms with van der Waals surface area (Å²) in [6.45, 7) is 5.76. The van der Waals surface area contributed by atoms with Gasteiger partial charge in [0.2, 0.25) is 0 Å². The average Bonchev–Trinajstić information content (AvgIpc) is 3.23. The number of imidazole rings is 1. The Balaban J connectivity index is 1.71. The zero-order chi connectivity index (χ0) is 22.7. The number of para-hydroxylation sites is 1. The van der Waals surface area contributed by atoms with Crippen molar-refractivity contribution in [2.45, 2.75) is 136 Å². The molecule has 0 aliphatic carbocycles. The number of benzene rings is 1. The van der Waals surface area contributed by atoms with Gasteiger partial charge in [0.1, 0.15) is 18.1 Å². The van der Waals surface area contributed by atoms with Crippen LogP contribution in [-0.2, 0) is 13.0 Å². The molecule has 0 saturated carbocycles. The zero-order valence-electron chi connectivity index (χ0n) is 21.4. The summed E-state index contributed by atoms with van der Waals surface area (Å²) in [7, 11) is 0. The number of unbranched alkanes of at least 4 members (excludes halogenated alkanes) is 15. The highest BCUT2D eigenvalue weighted by Gasteiger charge is 2.18. The van der Waals surface area contributed by atoms with E-state index in [0.29, 0.717) is 0 Å². The Morgan fingerprint density at radius 2 is 1.09 bits per heavy atom. The molecular formula is C30H51N2+. The largest absolute Gasteiger partial charge is 0.261 e. The number of rotatable bonds is 20. The number of hydrogen-bond acceptors (Lipinski definition) is 0. The van der Waals surface area contributed by atoms with Crippen LogP contribution in [0.1, 0.15) is 129 Å². The van der Waals surface area contributed by atoms with Crippen LogP contribution in [0.4, 0.5) is 0 Å². The minimum absolute atomic E-state index is 1.16. The molecule has 0 aliphatic rings. The maximum atomic E-state index is 2.53. The van der Waals surface area contributed by atoms with Crippen molar-refractivity contribution in [3.05, 3.63) is 48.5 Å². The summed E-state index contributed by atoms with van der Waals surface area (Å²) >= 11 is 0. The molecule has 2 nitrogen and oxygen atoms in total. The average molecular weight is 440 g/mol. The third-order valence-electron chi connectivity index (χ3n) is 6.80. The molecule has 1 aromatic carbocycles. The van der Waals surface area contributed by atoms with E-state index in [-0.39, 0.29) is 0 Å². The molecule has 1 aromatic heterocycles. The van der Waals surface area contributed by atoms with Gasteiger partial charge in [-0.2, -0.15) is 4.57 Å². The van der Waals surface area contributed by atoms with Crippen molar-refractivity contribution >= 4 is 0 Å². The van der Waals surface area contributed by atoms with E-state index in [9.17, 15) is 0 Å². The first-order chi connectivity index (χ1) is 15.9. The Labute approximate surface area is 199 Å². The molecule has 0 unspecified atom stereocenters. The Bertz CT molecular complexity index is 673. The molecule has 180 valence electrons. The highest BCUT2D eigenvalue weighted by molar-refractivity contribution is 5.31. The van der Waals surface area contributed by atoms with Gasteiger partial charge in [-0.25, -0.2) is 4.57 Å². The van der Waals surface area contributed by atoms with E-state index in [4.69, 9.17) is 0 Å². The number of hydrogen-bond donors (Lipinski definition) is 0. The Morgan fingerprint density at radius 1 is 0.594 bits per heavy atom. The van der Waals surface area contributed by atoms with Crippen LogP contribution in [0.2, 0.25) is 0 Å². The molecule has 2 heteroatoms. The first-order valence-corrected chi connectivity index (χ1v) is 14.0. The van der Waals surface area contributed by atoms with Crippen LogP contribution in [-0.4, -0.2) is 4.57 Å². The van der Waals surface area contributed by atoms with Gasteiger partial charge in [0.15, 0.2) is 0 Å². The zero-order valence-corrected chi connectivity index (χ0v) is 21.4. The van der Waals surface area contributed by atoms with Gasteiger partial charge in [0.05, 0.1) is 6.54 Å². The van der Waals surface area contributed by atoms with Crippen LogP contribution < -0.4 is 4.57 Å².